The monoisotopic (exact) mass is 338 g/mol. The fourth-order valence-electron chi connectivity index (χ4n) is 3.41. The normalized spacial score (nSPS) is 11.2. The maximum Gasteiger partial charge on any atom is 0.220 e. The molecule has 2 heterocycles. The Morgan fingerprint density at radius 3 is 2.68 bits per heavy atom. The minimum atomic E-state index is 0.0999. The largest absolute Gasteiger partial charge is 0.352 e. The van der Waals surface area contributed by atoms with Crippen LogP contribution in [0.25, 0.3) is 10.9 Å². The number of para-hydroxylation sites is 1. The van der Waals surface area contributed by atoms with Gasteiger partial charge in [-0.25, -0.2) is 0 Å². The Balaban J connectivity index is 1.52. The van der Waals surface area contributed by atoms with Crippen LogP contribution in [-0.2, 0) is 31.9 Å². The molecule has 3 aromatic rings. The van der Waals surface area contributed by atoms with Gasteiger partial charge in [0.25, 0.3) is 0 Å². The van der Waals surface area contributed by atoms with Crippen molar-refractivity contribution in [2.24, 2.45) is 14.1 Å². The number of aryl methyl sites for hydroxylation is 4. The number of fused-ring (bicyclic) bond motifs is 1. The van der Waals surface area contributed by atoms with Gasteiger partial charge in [0.2, 0.25) is 5.91 Å². The van der Waals surface area contributed by atoms with E-state index in [9.17, 15) is 4.79 Å². The first kappa shape index (κ1) is 17.3. The lowest BCUT2D eigenvalue weighted by Gasteiger charge is -2.06. The number of carbonyl (C=O) groups is 1. The molecule has 0 bridgehead atoms. The molecule has 0 spiro atoms. The van der Waals surface area contributed by atoms with Crippen molar-refractivity contribution in [3.63, 3.8) is 0 Å². The number of carbonyl (C=O) groups excluding carboxylic acids is 1. The van der Waals surface area contributed by atoms with Crippen molar-refractivity contribution in [2.45, 2.75) is 39.7 Å². The van der Waals surface area contributed by atoms with E-state index in [0.29, 0.717) is 13.0 Å². The third-order valence-electron chi connectivity index (χ3n) is 4.95. The van der Waals surface area contributed by atoms with Crippen LogP contribution in [0.3, 0.4) is 0 Å². The lowest BCUT2D eigenvalue weighted by atomic mass is 10.1. The van der Waals surface area contributed by atoms with Crippen LogP contribution >= 0.6 is 0 Å². The van der Waals surface area contributed by atoms with Gasteiger partial charge in [-0.05, 0) is 38.3 Å². The fraction of sp³-hybridized carbons (Fsp3) is 0.400. The van der Waals surface area contributed by atoms with E-state index in [1.165, 1.54) is 16.5 Å². The summed E-state index contributed by atoms with van der Waals surface area (Å²) in [5.41, 5.74) is 5.75. The smallest absolute Gasteiger partial charge is 0.220 e. The van der Waals surface area contributed by atoms with Crippen molar-refractivity contribution >= 4 is 16.8 Å². The summed E-state index contributed by atoms with van der Waals surface area (Å²) in [7, 11) is 3.99. The first-order chi connectivity index (χ1) is 12.0. The van der Waals surface area contributed by atoms with Crippen LogP contribution in [0.5, 0.6) is 0 Å². The van der Waals surface area contributed by atoms with Crippen LogP contribution in [0.1, 0.15) is 35.4 Å². The standard InChI is InChI=1S/C20H26N4O/c1-14-18(15(2)24(4)22-14)12-21-20(25)11-7-8-16-13-23(3)19-10-6-5-9-17(16)19/h5-6,9-10,13H,7-8,11-12H2,1-4H3,(H,21,25). The topological polar surface area (TPSA) is 51.9 Å². The van der Waals surface area contributed by atoms with Crippen LogP contribution in [0.15, 0.2) is 30.5 Å². The summed E-state index contributed by atoms with van der Waals surface area (Å²) in [6.45, 7) is 4.57. The average molecular weight is 338 g/mol. The van der Waals surface area contributed by atoms with Gasteiger partial charge in [-0.3, -0.25) is 9.48 Å². The second-order valence-corrected chi connectivity index (χ2v) is 6.69. The molecule has 1 amide bonds. The lowest BCUT2D eigenvalue weighted by molar-refractivity contribution is -0.121. The number of aromatic nitrogens is 3. The summed E-state index contributed by atoms with van der Waals surface area (Å²) in [5, 5.41) is 8.69. The maximum absolute atomic E-state index is 12.2. The van der Waals surface area contributed by atoms with Crippen molar-refractivity contribution in [3.05, 3.63) is 53.0 Å². The molecule has 5 nitrogen and oxygen atoms in total. The molecule has 132 valence electrons. The molecule has 0 fully saturated rings. The highest BCUT2D eigenvalue weighted by molar-refractivity contribution is 5.84. The van der Waals surface area contributed by atoms with E-state index in [-0.39, 0.29) is 5.91 Å². The van der Waals surface area contributed by atoms with E-state index in [1.807, 2.05) is 25.6 Å². The Kier molecular flexibility index (Phi) is 4.93. The van der Waals surface area contributed by atoms with Crippen molar-refractivity contribution in [2.75, 3.05) is 0 Å². The molecule has 2 aromatic heterocycles. The predicted molar refractivity (Wildman–Crippen MR) is 100 cm³/mol. The number of hydrogen-bond acceptors (Lipinski definition) is 2. The van der Waals surface area contributed by atoms with Crippen LogP contribution in [0, 0.1) is 13.8 Å². The van der Waals surface area contributed by atoms with E-state index in [2.05, 4.69) is 52.5 Å². The van der Waals surface area contributed by atoms with Crippen molar-refractivity contribution in [1.82, 2.24) is 19.7 Å². The second-order valence-electron chi connectivity index (χ2n) is 6.69. The quantitative estimate of drug-likeness (QED) is 0.750. The van der Waals surface area contributed by atoms with Gasteiger partial charge >= 0.3 is 0 Å². The minimum absolute atomic E-state index is 0.0999. The minimum Gasteiger partial charge on any atom is -0.352 e. The SMILES string of the molecule is Cc1nn(C)c(C)c1CNC(=O)CCCc1cn(C)c2ccccc12. The van der Waals surface area contributed by atoms with E-state index < -0.39 is 0 Å². The maximum atomic E-state index is 12.2. The highest BCUT2D eigenvalue weighted by Gasteiger charge is 2.11. The van der Waals surface area contributed by atoms with Crippen LogP contribution in [-0.4, -0.2) is 20.3 Å². The Morgan fingerprint density at radius 1 is 1.20 bits per heavy atom. The molecule has 0 atom stereocenters. The van der Waals surface area contributed by atoms with E-state index in [0.717, 1.165) is 29.8 Å². The summed E-state index contributed by atoms with van der Waals surface area (Å²) in [5.74, 6) is 0.0999. The zero-order chi connectivity index (χ0) is 18.0. The van der Waals surface area contributed by atoms with Crippen LogP contribution in [0.2, 0.25) is 0 Å². The molecular weight excluding hydrogens is 312 g/mol. The number of rotatable bonds is 6. The van der Waals surface area contributed by atoms with Gasteiger partial charge in [0, 0.05) is 55.4 Å². The molecule has 0 radical (unpaired) electrons. The van der Waals surface area contributed by atoms with Crippen molar-refractivity contribution in [3.8, 4) is 0 Å². The molecule has 0 saturated carbocycles. The Morgan fingerprint density at radius 2 is 1.96 bits per heavy atom. The molecule has 1 N–H and O–H groups in total. The zero-order valence-electron chi connectivity index (χ0n) is 15.5. The third kappa shape index (κ3) is 3.60. The highest BCUT2D eigenvalue weighted by Crippen LogP contribution is 2.21. The molecule has 0 unspecified atom stereocenters. The molecule has 0 saturated heterocycles. The molecule has 5 heteroatoms. The van der Waals surface area contributed by atoms with E-state index in [1.54, 1.807) is 0 Å². The summed E-state index contributed by atoms with van der Waals surface area (Å²) in [6.07, 6.45) is 4.48. The highest BCUT2D eigenvalue weighted by atomic mass is 16.1. The molecule has 0 aliphatic heterocycles. The zero-order valence-corrected chi connectivity index (χ0v) is 15.5. The molecule has 1 aromatic carbocycles. The first-order valence-corrected chi connectivity index (χ1v) is 8.76. The molecular formula is C20H26N4O. The second kappa shape index (κ2) is 7.13. The van der Waals surface area contributed by atoms with Gasteiger partial charge in [-0.2, -0.15) is 5.10 Å². The Hall–Kier alpha value is -2.56. The van der Waals surface area contributed by atoms with Crippen LogP contribution < -0.4 is 5.32 Å². The molecule has 0 aliphatic rings. The fourth-order valence-corrected chi connectivity index (χ4v) is 3.41. The van der Waals surface area contributed by atoms with E-state index >= 15 is 0 Å². The average Bonchev–Trinajstić information content (AvgIpc) is 3.03. The van der Waals surface area contributed by atoms with Gasteiger partial charge in [-0.15, -0.1) is 0 Å². The number of amides is 1. The third-order valence-corrected chi connectivity index (χ3v) is 4.95. The van der Waals surface area contributed by atoms with Gasteiger partial charge in [-0.1, -0.05) is 18.2 Å². The lowest BCUT2D eigenvalue weighted by Crippen LogP contribution is -2.23. The van der Waals surface area contributed by atoms with Crippen molar-refractivity contribution < 1.29 is 4.79 Å². The number of benzene rings is 1. The summed E-state index contributed by atoms with van der Waals surface area (Å²) in [6, 6.07) is 8.40. The van der Waals surface area contributed by atoms with E-state index in [4.69, 9.17) is 0 Å². The Labute approximate surface area is 148 Å². The number of nitrogens with one attached hydrogen (secondary N) is 1. The van der Waals surface area contributed by atoms with Gasteiger partial charge in [0.1, 0.15) is 0 Å². The molecule has 3 rings (SSSR count). The van der Waals surface area contributed by atoms with Crippen LogP contribution in [0.4, 0.5) is 0 Å². The number of nitrogens with zero attached hydrogens (tertiary/aromatic N) is 3. The van der Waals surface area contributed by atoms with Gasteiger partial charge in [0.05, 0.1) is 5.69 Å². The predicted octanol–water partition coefficient (Wildman–Crippen LogP) is 3.17. The summed E-state index contributed by atoms with van der Waals surface area (Å²) >= 11 is 0. The Bertz CT molecular complexity index is 904. The molecule has 25 heavy (non-hydrogen) atoms. The molecule has 0 aliphatic carbocycles. The first-order valence-electron chi connectivity index (χ1n) is 8.76. The number of hydrogen-bond donors (Lipinski definition) is 1. The summed E-state index contributed by atoms with van der Waals surface area (Å²) in [4.78, 5) is 12.2. The van der Waals surface area contributed by atoms with Gasteiger partial charge in [0.15, 0.2) is 0 Å². The van der Waals surface area contributed by atoms with Gasteiger partial charge < -0.3 is 9.88 Å². The van der Waals surface area contributed by atoms with Crippen molar-refractivity contribution in [1.29, 1.82) is 0 Å². The summed E-state index contributed by atoms with van der Waals surface area (Å²) < 4.78 is 4.01.